The van der Waals surface area contributed by atoms with Crippen molar-refractivity contribution in [2.24, 2.45) is 11.8 Å². The van der Waals surface area contributed by atoms with Gasteiger partial charge in [0.05, 0.1) is 24.8 Å². The standard InChI is InChI=1S/C28H32N2O6/c1-3-34-28(33)30-17-22(24(18-30)27(31)32)15-21-9-11-23(12-10-21)35-14-13-25-19(2)36-26(29-25)16-20-7-5-4-6-8-20/h4-12,22,24H,3,13-18H2,1-2H3,(H,31,32)/t22-,24+/m1/s1. The lowest BCUT2D eigenvalue weighted by atomic mass is 9.90. The van der Waals surface area contributed by atoms with Crippen molar-refractivity contribution < 1.29 is 28.6 Å². The topological polar surface area (TPSA) is 102 Å². The lowest BCUT2D eigenvalue weighted by Crippen LogP contribution is -2.30. The number of ether oxygens (including phenoxy) is 2. The number of carboxylic acid groups (broad SMARTS) is 1. The highest BCUT2D eigenvalue weighted by atomic mass is 16.6. The molecule has 2 atom stereocenters. The molecule has 1 N–H and O–H groups in total. The van der Waals surface area contributed by atoms with Crippen LogP contribution in [0.3, 0.4) is 0 Å². The highest BCUT2D eigenvalue weighted by molar-refractivity contribution is 5.74. The molecule has 1 fully saturated rings. The van der Waals surface area contributed by atoms with E-state index in [1.807, 2.05) is 49.4 Å². The van der Waals surface area contributed by atoms with Gasteiger partial charge >= 0.3 is 12.1 Å². The van der Waals surface area contributed by atoms with E-state index in [1.54, 1.807) is 6.92 Å². The predicted molar refractivity (Wildman–Crippen MR) is 133 cm³/mol. The smallest absolute Gasteiger partial charge is 0.409 e. The Balaban J connectivity index is 1.28. The Hall–Kier alpha value is -3.81. The number of aromatic nitrogens is 1. The van der Waals surface area contributed by atoms with E-state index >= 15 is 0 Å². The van der Waals surface area contributed by atoms with Crippen molar-refractivity contribution in [1.29, 1.82) is 0 Å². The van der Waals surface area contributed by atoms with E-state index in [9.17, 15) is 14.7 Å². The number of carboxylic acids is 1. The molecule has 2 aromatic carbocycles. The molecule has 8 nitrogen and oxygen atoms in total. The zero-order chi connectivity index (χ0) is 25.5. The van der Waals surface area contributed by atoms with Crippen molar-refractivity contribution in [1.82, 2.24) is 9.88 Å². The normalized spacial score (nSPS) is 17.2. The predicted octanol–water partition coefficient (Wildman–Crippen LogP) is 4.53. The van der Waals surface area contributed by atoms with Gasteiger partial charge in [-0.2, -0.15) is 0 Å². The molecule has 0 bridgehead atoms. The molecule has 36 heavy (non-hydrogen) atoms. The first-order chi connectivity index (χ1) is 17.4. The summed E-state index contributed by atoms with van der Waals surface area (Å²) >= 11 is 0. The summed E-state index contributed by atoms with van der Waals surface area (Å²) in [5.41, 5.74) is 3.05. The van der Waals surface area contributed by atoms with E-state index in [4.69, 9.17) is 13.9 Å². The van der Waals surface area contributed by atoms with Gasteiger partial charge in [0.1, 0.15) is 11.5 Å². The van der Waals surface area contributed by atoms with Crippen LogP contribution in [0.4, 0.5) is 4.79 Å². The van der Waals surface area contributed by atoms with Crippen LogP contribution in [0.5, 0.6) is 5.75 Å². The number of benzene rings is 2. The Bertz CT molecular complexity index is 1160. The third-order valence-electron chi connectivity index (χ3n) is 6.45. The van der Waals surface area contributed by atoms with Crippen LogP contribution in [0.25, 0.3) is 0 Å². The number of oxazole rings is 1. The molecule has 8 heteroatoms. The van der Waals surface area contributed by atoms with E-state index in [1.165, 1.54) is 4.90 Å². The molecule has 2 heterocycles. The molecule has 1 aliphatic heterocycles. The molecule has 0 spiro atoms. The minimum Gasteiger partial charge on any atom is -0.493 e. The van der Waals surface area contributed by atoms with Gasteiger partial charge in [0.15, 0.2) is 5.89 Å². The Morgan fingerprint density at radius 2 is 1.83 bits per heavy atom. The van der Waals surface area contributed by atoms with Gasteiger partial charge in [-0.15, -0.1) is 0 Å². The van der Waals surface area contributed by atoms with Gasteiger partial charge in [-0.3, -0.25) is 4.79 Å². The molecule has 190 valence electrons. The second-order valence-electron chi connectivity index (χ2n) is 9.03. The fourth-order valence-corrected chi connectivity index (χ4v) is 4.58. The number of amides is 1. The largest absolute Gasteiger partial charge is 0.493 e. The summed E-state index contributed by atoms with van der Waals surface area (Å²) in [7, 11) is 0. The Labute approximate surface area is 210 Å². The molecular formula is C28H32N2O6. The van der Waals surface area contributed by atoms with Crippen LogP contribution < -0.4 is 4.74 Å². The van der Waals surface area contributed by atoms with Crippen LogP contribution >= 0.6 is 0 Å². The SMILES string of the molecule is CCOC(=O)N1C[C@@H](Cc2ccc(OCCc3nc(Cc4ccccc4)oc3C)cc2)[C@@H](C(=O)O)C1. The Morgan fingerprint density at radius 1 is 1.08 bits per heavy atom. The number of aryl methyl sites for hydroxylation is 1. The van der Waals surface area contributed by atoms with Crippen LogP contribution in [0.2, 0.25) is 0 Å². The second kappa shape index (κ2) is 11.7. The van der Waals surface area contributed by atoms with Gasteiger partial charge in [0, 0.05) is 25.9 Å². The van der Waals surface area contributed by atoms with Gasteiger partial charge in [-0.05, 0) is 49.4 Å². The highest BCUT2D eigenvalue weighted by Gasteiger charge is 2.40. The summed E-state index contributed by atoms with van der Waals surface area (Å²) in [5.74, 6) is 0.578. The van der Waals surface area contributed by atoms with Gasteiger partial charge in [0.25, 0.3) is 0 Å². The minimum atomic E-state index is -0.887. The molecule has 1 amide bonds. The zero-order valence-corrected chi connectivity index (χ0v) is 20.7. The number of hydrogen-bond acceptors (Lipinski definition) is 6. The lowest BCUT2D eigenvalue weighted by molar-refractivity contribution is -0.142. The maximum absolute atomic E-state index is 12.0. The average molecular weight is 493 g/mol. The third kappa shape index (κ3) is 6.44. The Kier molecular flexibility index (Phi) is 8.25. The van der Waals surface area contributed by atoms with Gasteiger partial charge in [-0.25, -0.2) is 9.78 Å². The summed E-state index contributed by atoms with van der Waals surface area (Å²) in [6, 6.07) is 17.8. The van der Waals surface area contributed by atoms with Crippen molar-refractivity contribution in [3.05, 3.63) is 83.1 Å². The first-order valence-electron chi connectivity index (χ1n) is 12.3. The van der Waals surface area contributed by atoms with Crippen molar-refractivity contribution >= 4 is 12.1 Å². The van der Waals surface area contributed by atoms with Gasteiger partial charge < -0.3 is 23.9 Å². The van der Waals surface area contributed by atoms with Crippen molar-refractivity contribution in [3.8, 4) is 5.75 Å². The minimum absolute atomic E-state index is 0.168. The molecule has 0 saturated carbocycles. The summed E-state index contributed by atoms with van der Waals surface area (Å²) in [6.45, 7) is 4.94. The maximum Gasteiger partial charge on any atom is 0.409 e. The average Bonchev–Trinajstić information content (AvgIpc) is 3.44. The molecule has 3 aromatic rings. The molecule has 0 radical (unpaired) electrons. The molecule has 0 aliphatic carbocycles. The van der Waals surface area contributed by atoms with E-state index in [0.29, 0.717) is 38.3 Å². The molecule has 0 unspecified atom stereocenters. The second-order valence-corrected chi connectivity index (χ2v) is 9.03. The fraction of sp³-hybridized carbons (Fsp3) is 0.393. The number of likely N-dealkylation sites (tertiary alicyclic amines) is 1. The molecule has 1 saturated heterocycles. The van der Waals surface area contributed by atoms with Crippen LogP contribution in [0.15, 0.2) is 59.0 Å². The highest BCUT2D eigenvalue weighted by Crippen LogP contribution is 2.28. The number of carbonyl (C=O) groups excluding carboxylic acids is 1. The van der Waals surface area contributed by atoms with Crippen LogP contribution in [-0.4, -0.2) is 53.4 Å². The molecule has 4 rings (SSSR count). The van der Waals surface area contributed by atoms with E-state index < -0.39 is 18.0 Å². The van der Waals surface area contributed by atoms with E-state index in [-0.39, 0.29) is 19.1 Å². The quantitative estimate of drug-likeness (QED) is 0.444. The first kappa shape index (κ1) is 25.3. The molecule has 1 aromatic heterocycles. The number of nitrogens with zero attached hydrogens (tertiary/aromatic N) is 2. The van der Waals surface area contributed by atoms with Gasteiger partial charge in [0.2, 0.25) is 0 Å². The number of rotatable bonds is 10. The van der Waals surface area contributed by atoms with Crippen molar-refractivity contribution in [2.75, 3.05) is 26.3 Å². The summed E-state index contributed by atoms with van der Waals surface area (Å²) in [4.78, 5) is 29.9. The zero-order valence-electron chi connectivity index (χ0n) is 20.7. The molecule has 1 aliphatic rings. The fourth-order valence-electron chi connectivity index (χ4n) is 4.58. The molecular weight excluding hydrogens is 460 g/mol. The van der Waals surface area contributed by atoms with E-state index in [0.717, 1.165) is 28.3 Å². The number of aliphatic carboxylic acids is 1. The van der Waals surface area contributed by atoms with E-state index in [2.05, 4.69) is 17.1 Å². The van der Waals surface area contributed by atoms with Crippen LogP contribution in [0.1, 0.15) is 35.4 Å². The Morgan fingerprint density at radius 3 is 2.53 bits per heavy atom. The first-order valence-corrected chi connectivity index (χ1v) is 12.3. The summed E-state index contributed by atoms with van der Waals surface area (Å²) in [5, 5.41) is 9.61. The van der Waals surface area contributed by atoms with Crippen LogP contribution in [0, 0.1) is 18.8 Å². The summed E-state index contributed by atoms with van der Waals surface area (Å²) < 4.78 is 16.8. The van der Waals surface area contributed by atoms with Crippen molar-refractivity contribution in [2.45, 2.75) is 33.1 Å². The van der Waals surface area contributed by atoms with Gasteiger partial charge in [-0.1, -0.05) is 42.5 Å². The maximum atomic E-state index is 12.0. The lowest BCUT2D eigenvalue weighted by Gasteiger charge is -2.16. The number of hydrogen-bond donors (Lipinski definition) is 1. The summed E-state index contributed by atoms with van der Waals surface area (Å²) in [6.07, 6.45) is 1.41. The van der Waals surface area contributed by atoms with Crippen molar-refractivity contribution in [3.63, 3.8) is 0 Å². The monoisotopic (exact) mass is 492 g/mol. The van der Waals surface area contributed by atoms with Crippen LogP contribution in [-0.2, 0) is 28.8 Å². The third-order valence-corrected chi connectivity index (χ3v) is 6.45. The number of carbonyl (C=O) groups is 2.